The lowest BCUT2D eigenvalue weighted by molar-refractivity contribution is -0.128. The van der Waals surface area contributed by atoms with E-state index in [1.54, 1.807) is 11.8 Å². The van der Waals surface area contributed by atoms with Gasteiger partial charge in [0.2, 0.25) is 5.91 Å². The molecule has 1 N–H and O–H groups in total. The molecule has 0 aliphatic carbocycles. The van der Waals surface area contributed by atoms with Crippen molar-refractivity contribution in [1.29, 1.82) is 0 Å². The van der Waals surface area contributed by atoms with Crippen molar-refractivity contribution in [3.05, 3.63) is 106 Å². The molecule has 0 bridgehead atoms. The van der Waals surface area contributed by atoms with Gasteiger partial charge in [-0.15, -0.1) is 11.8 Å². The van der Waals surface area contributed by atoms with Gasteiger partial charge in [0.15, 0.2) is 0 Å². The molecule has 1 aliphatic heterocycles. The van der Waals surface area contributed by atoms with Crippen LogP contribution in [0.15, 0.2) is 72.8 Å². The van der Waals surface area contributed by atoms with Crippen molar-refractivity contribution in [1.82, 2.24) is 10.2 Å². The molecule has 1 atom stereocenters. The second-order valence-electron chi connectivity index (χ2n) is 7.60. The number of benzene rings is 3. The van der Waals surface area contributed by atoms with Gasteiger partial charge in [0.1, 0.15) is 5.37 Å². The molecule has 1 aliphatic rings. The number of nitrogens with one attached hydrogen (secondary N) is 1. The molecular weight excluding hydrogens is 428 g/mol. The molecule has 0 aromatic heterocycles. The van der Waals surface area contributed by atoms with Crippen LogP contribution < -0.4 is 5.32 Å². The molecule has 0 radical (unpaired) electrons. The summed E-state index contributed by atoms with van der Waals surface area (Å²) in [6.07, 6.45) is 0. The summed E-state index contributed by atoms with van der Waals surface area (Å²) >= 11 is 7.57. The van der Waals surface area contributed by atoms with E-state index < -0.39 is 0 Å². The Morgan fingerprint density at radius 3 is 2.32 bits per heavy atom. The lowest BCUT2D eigenvalue weighted by Gasteiger charge is -2.24. The zero-order valence-electron chi connectivity index (χ0n) is 17.2. The first-order valence-corrected chi connectivity index (χ1v) is 11.5. The van der Waals surface area contributed by atoms with Gasteiger partial charge in [-0.25, -0.2) is 0 Å². The average Bonchev–Trinajstić information content (AvgIpc) is 3.15. The number of amides is 2. The summed E-state index contributed by atoms with van der Waals surface area (Å²) in [5.74, 6) is 0.460. The van der Waals surface area contributed by atoms with Crippen molar-refractivity contribution >= 4 is 35.2 Å². The molecule has 3 aromatic carbocycles. The molecule has 4 rings (SSSR count). The van der Waals surface area contributed by atoms with Crippen molar-refractivity contribution in [2.45, 2.75) is 25.4 Å². The van der Waals surface area contributed by atoms with Crippen LogP contribution in [-0.4, -0.2) is 22.5 Å². The zero-order chi connectivity index (χ0) is 21.8. The molecule has 158 valence electrons. The molecular formula is C25H23ClN2O2S. The number of rotatable bonds is 6. The van der Waals surface area contributed by atoms with E-state index >= 15 is 0 Å². The minimum absolute atomic E-state index is 0.0622. The van der Waals surface area contributed by atoms with E-state index in [0.717, 1.165) is 16.7 Å². The van der Waals surface area contributed by atoms with Crippen LogP contribution in [0.1, 0.15) is 38.0 Å². The van der Waals surface area contributed by atoms with E-state index in [2.05, 4.69) is 5.32 Å². The largest absolute Gasteiger partial charge is 0.348 e. The SMILES string of the molecule is Cc1ccc(CNC(=O)c2ccc([C@@H]3SCC(=O)N3Cc3ccc(Cl)cc3)cc2)cc1. The van der Waals surface area contributed by atoms with E-state index in [-0.39, 0.29) is 17.2 Å². The van der Waals surface area contributed by atoms with Gasteiger partial charge in [-0.2, -0.15) is 0 Å². The highest BCUT2D eigenvalue weighted by molar-refractivity contribution is 8.00. The predicted octanol–water partition coefficient (Wildman–Crippen LogP) is 5.35. The van der Waals surface area contributed by atoms with Crippen molar-refractivity contribution in [3.63, 3.8) is 0 Å². The Morgan fingerprint density at radius 2 is 1.65 bits per heavy atom. The van der Waals surface area contributed by atoms with Gasteiger partial charge in [-0.05, 0) is 47.9 Å². The minimum Gasteiger partial charge on any atom is -0.348 e. The Balaban J connectivity index is 1.41. The fourth-order valence-electron chi connectivity index (χ4n) is 3.48. The molecule has 2 amide bonds. The Hall–Kier alpha value is -2.76. The minimum atomic E-state index is -0.111. The lowest BCUT2D eigenvalue weighted by atomic mass is 10.1. The number of halogens is 1. The van der Waals surface area contributed by atoms with Crippen LogP contribution in [-0.2, 0) is 17.9 Å². The van der Waals surface area contributed by atoms with Gasteiger partial charge >= 0.3 is 0 Å². The Kier molecular flexibility index (Phi) is 6.64. The highest BCUT2D eigenvalue weighted by Gasteiger charge is 2.32. The van der Waals surface area contributed by atoms with E-state index in [0.29, 0.717) is 29.4 Å². The molecule has 1 saturated heterocycles. The molecule has 31 heavy (non-hydrogen) atoms. The summed E-state index contributed by atoms with van der Waals surface area (Å²) < 4.78 is 0. The molecule has 0 spiro atoms. The number of nitrogens with zero attached hydrogens (tertiary/aromatic N) is 1. The fourth-order valence-corrected chi connectivity index (χ4v) is 4.79. The van der Waals surface area contributed by atoms with Crippen molar-refractivity contribution in [2.24, 2.45) is 0 Å². The highest BCUT2D eigenvalue weighted by atomic mass is 35.5. The quantitative estimate of drug-likeness (QED) is 0.550. The van der Waals surface area contributed by atoms with Crippen LogP contribution in [0.5, 0.6) is 0 Å². The first kappa shape index (κ1) is 21.5. The second kappa shape index (κ2) is 9.58. The Labute approximate surface area is 191 Å². The predicted molar refractivity (Wildman–Crippen MR) is 126 cm³/mol. The number of carbonyl (C=O) groups is 2. The summed E-state index contributed by atoms with van der Waals surface area (Å²) in [4.78, 5) is 26.8. The molecule has 4 nitrogen and oxygen atoms in total. The number of hydrogen-bond donors (Lipinski definition) is 1. The molecule has 0 unspecified atom stereocenters. The highest BCUT2D eigenvalue weighted by Crippen LogP contribution is 2.39. The van der Waals surface area contributed by atoms with E-state index in [1.807, 2.05) is 84.6 Å². The summed E-state index contributed by atoms with van der Waals surface area (Å²) in [5, 5.41) is 3.57. The summed E-state index contributed by atoms with van der Waals surface area (Å²) in [6.45, 7) is 3.06. The Morgan fingerprint density at radius 1 is 1.00 bits per heavy atom. The fraction of sp³-hybridized carbons (Fsp3) is 0.200. The Bertz CT molecular complexity index is 1070. The van der Waals surface area contributed by atoms with Crippen molar-refractivity contribution in [2.75, 3.05) is 5.75 Å². The molecule has 3 aromatic rings. The third-order valence-corrected chi connectivity index (χ3v) is 6.77. The maximum atomic E-state index is 12.5. The number of aryl methyl sites for hydroxylation is 1. The smallest absolute Gasteiger partial charge is 0.251 e. The van der Waals surface area contributed by atoms with Gasteiger partial charge in [0, 0.05) is 23.7 Å². The van der Waals surface area contributed by atoms with Gasteiger partial charge in [-0.1, -0.05) is 65.7 Å². The van der Waals surface area contributed by atoms with E-state index in [1.165, 1.54) is 5.56 Å². The van der Waals surface area contributed by atoms with Crippen LogP contribution in [0.2, 0.25) is 5.02 Å². The van der Waals surface area contributed by atoms with Crippen LogP contribution in [0.3, 0.4) is 0 Å². The van der Waals surface area contributed by atoms with Crippen molar-refractivity contribution in [3.8, 4) is 0 Å². The van der Waals surface area contributed by atoms with Gasteiger partial charge in [0.25, 0.3) is 5.91 Å². The maximum absolute atomic E-state index is 12.5. The normalized spacial score (nSPS) is 15.9. The number of hydrogen-bond acceptors (Lipinski definition) is 3. The van der Waals surface area contributed by atoms with Crippen LogP contribution in [0.4, 0.5) is 0 Å². The van der Waals surface area contributed by atoms with E-state index in [9.17, 15) is 9.59 Å². The number of thioether (sulfide) groups is 1. The average molecular weight is 451 g/mol. The van der Waals surface area contributed by atoms with Crippen LogP contribution in [0, 0.1) is 6.92 Å². The maximum Gasteiger partial charge on any atom is 0.251 e. The van der Waals surface area contributed by atoms with Crippen LogP contribution >= 0.6 is 23.4 Å². The van der Waals surface area contributed by atoms with Gasteiger partial charge in [0.05, 0.1) is 5.75 Å². The van der Waals surface area contributed by atoms with Crippen molar-refractivity contribution < 1.29 is 9.59 Å². The standard InChI is InChI=1S/C25H23ClN2O2S/c1-17-2-4-18(5-3-17)14-27-24(30)20-8-10-21(11-9-20)25-28(23(29)16-31-25)15-19-6-12-22(26)13-7-19/h2-13,25H,14-16H2,1H3,(H,27,30)/t25-/m0/s1. The van der Waals surface area contributed by atoms with Gasteiger partial charge < -0.3 is 10.2 Å². The first-order chi connectivity index (χ1) is 15.0. The first-order valence-electron chi connectivity index (χ1n) is 10.1. The molecule has 6 heteroatoms. The lowest BCUT2D eigenvalue weighted by Crippen LogP contribution is -2.27. The molecule has 0 saturated carbocycles. The number of carbonyl (C=O) groups excluding carboxylic acids is 2. The van der Waals surface area contributed by atoms with Crippen LogP contribution in [0.25, 0.3) is 0 Å². The monoisotopic (exact) mass is 450 g/mol. The van der Waals surface area contributed by atoms with Gasteiger partial charge in [-0.3, -0.25) is 9.59 Å². The van der Waals surface area contributed by atoms with E-state index in [4.69, 9.17) is 11.6 Å². The topological polar surface area (TPSA) is 49.4 Å². The summed E-state index contributed by atoms with van der Waals surface area (Å²) in [6, 6.07) is 23.2. The summed E-state index contributed by atoms with van der Waals surface area (Å²) in [7, 11) is 0. The zero-order valence-corrected chi connectivity index (χ0v) is 18.7. The molecule has 1 fully saturated rings. The summed E-state index contributed by atoms with van der Waals surface area (Å²) in [5.41, 5.74) is 4.92. The third kappa shape index (κ3) is 5.30. The third-order valence-electron chi connectivity index (χ3n) is 5.27. The second-order valence-corrected chi connectivity index (χ2v) is 9.11. The molecule has 1 heterocycles.